The zero-order valence-electron chi connectivity index (χ0n) is 11.6. The number of hydrogen-bond acceptors (Lipinski definition) is 3. The zero-order chi connectivity index (χ0) is 15.0. The van der Waals surface area contributed by atoms with E-state index in [-0.39, 0.29) is 16.3 Å². The van der Waals surface area contributed by atoms with E-state index in [0.29, 0.717) is 19.1 Å². The molecule has 0 aromatic heterocycles. The maximum absolute atomic E-state index is 13.5. The first-order valence-electron chi connectivity index (χ1n) is 7.11. The number of piperazine rings is 1. The molecule has 1 atom stereocenters. The van der Waals surface area contributed by atoms with Gasteiger partial charge in [-0.25, -0.2) is 12.8 Å². The third-order valence-electron chi connectivity index (χ3n) is 4.35. The number of benzene rings is 1. The topological polar surface area (TPSA) is 40.6 Å². The summed E-state index contributed by atoms with van der Waals surface area (Å²) in [4.78, 5) is 2.48. The van der Waals surface area contributed by atoms with E-state index in [9.17, 15) is 12.8 Å². The van der Waals surface area contributed by atoms with Crippen LogP contribution >= 0.6 is 11.6 Å². The molecule has 2 aliphatic rings. The van der Waals surface area contributed by atoms with Gasteiger partial charge in [0.1, 0.15) is 5.82 Å². The van der Waals surface area contributed by atoms with Gasteiger partial charge >= 0.3 is 0 Å². The summed E-state index contributed by atoms with van der Waals surface area (Å²) < 4.78 is 40.4. The van der Waals surface area contributed by atoms with Gasteiger partial charge in [-0.1, -0.05) is 0 Å². The van der Waals surface area contributed by atoms with Crippen molar-refractivity contribution in [2.45, 2.75) is 29.7 Å². The van der Waals surface area contributed by atoms with Crippen LogP contribution in [0.15, 0.2) is 23.1 Å². The van der Waals surface area contributed by atoms with Crippen LogP contribution in [0.5, 0.6) is 0 Å². The molecule has 2 heterocycles. The number of sulfonamides is 1. The molecule has 0 spiro atoms. The van der Waals surface area contributed by atoms with Crippen molar-refractivity contribution in [2.24, 2.45) is 0 Å². The summed E-state index contributed by atoms with van der Waals surface area (Å²) in [7, 11) is -3.57. The normalized spacial score (nSPS) is 24.2. The quantitative estimate of drug-likeness (QED) is 0.795. The van der Waals surface area contributed by atoms with Crippen molar-refractivity contribution in [3.05, 3.63) is 29.6 Å². The highest BCUT2D eigenvalue weighted by molar-refractivity contribution is 7.89. The van der Waals surface area contributed by atoms with Crippen LogP contribution in [-0.2, 0) is 15.9 Å². The summed E-state index contributed by atoms with van der Waals surface area (Å²) in [6, 6.07) is 4.16. The van der Waals surface area contributed by atoms with Crippen LogP contribution in [0.1, 0.15) is 18.4 Å². The largest absolute Gasteiger partial charge is 0.298 e. The fourth-order valence-corrected chi connectivity index (χ4v) is 4.87. The highest BCUT2D eigenvalue weighted by atomic mass is 35.5. The standard InChI is InChI=1S/C14H18ClFN2O2S/c15-9-11-8-13(3-4-14(11)16)21(19,20)18-7-6-17-5-1-2-12(17)10-18/h3-4,8,12H,1-2,5-7,9-10H2. The van der Waals surface area contributed by atoms with Crippen LogP contribution in [0.2, 0.25) is 0 Å². The van der Waals surface area contributed by atoms with Gasteiger partial charge < -0.3 is 0 Å². The van der Waals surface area contributed by atoms with Crippen molar-refractivity contribution < 1.29 is 12.8 Å². The van der Waals surface area contributed by atoms with Crippen LogP contribution in [-0.4, -0.2) is 49.8 Å². The Hall–Kier alpha value is -0.690. The van der Waals surface area contributed by atoms with Gasteiger partial charge in [-0.3, -0.25) is 4.90 Å². The molecule has 0 N–H and O–H groups in total. The van der Waals surface area contributed by atoms with E-state index < -0.39 is 15.8 Å². The maximum Gasteiger partial charge on any atom is 0.243 e. The first kappa shape index (κ1) is 15.2. The predicted octanol–water partition coefficient (Wildman–Crippen LogP) is 2.03. The highest BCUT2D eigenvalue weighted by Gasteiger charge is 2.36. The first-order valence-corrected chi connectivity index (χ1v) is 9.08. The Labute approximate surface area is 129 Å². The van der Waals surface area contributed by atoms with Gasteiger partial charge in [-0.05, 0) is 37.6 Å². The third-order valence-corrected chi connectivity index (χ3v) is 6.50. The van der Waals surface area contributed by atoms with E-state index in [2.05, 4.69) is 4.90 Å². The van der Waals surface area contributed by atoms with Crippen molar-refractivity contribution in [3.8, 4) is 0 Å². The van der Waals surface area contributed by atoms with Gasteiger partial charge in [0.2, 0.25) is 10.0 Å². The summed E-state index contributed by atoms with van der Waals surface area (Å²) in [5, 5.41) is 0. The summed E-state index contributed by atoms with van der Waals surface area (Å²) in [6.45, 7) is 2.85. The average Bonchev–Trinajstić information content (AvgIpc) is 2.94. The molecule has 0 saturated carbocycles. The molecule has 2 fully saturated rings. The second-order valence-corrected chi connectivity index (χ2v) is 7.79. The smallest absolute Gasteiger partial charge is 0.243 e. The number of halogens is 2. The fourth-order valence-electron chi connectivity index (χ4n) is 3.14. The molecule has 2 saturated heterocycles. The molecule has 1 aromatic rings. The van der Waals surface area contributed by atoms with Gasteiger partial charge in [0, 0.05) is 31.2 Å². The molecule has 0 bridgehead atoms. The lowest BCUT2D eigenvalue weighted by Gasteiger charge is -2.36. The van der Waals surface area contributed by atoms with Crippen molar-refractivity contribution in [1.82, 2.24) is 9.21 Å². The lowest BCUT2D eigenvalue weighted by molar-refractivity contribution is 0.158. The monoisotopic (exact) mass is 332 g/mol. The Kier molecular flexibility index (Phi) is 4.23. The van der Waals surface area contributed by atoms with E-state index in [4.69, 9.17) is 11.6 Å². The summed E-state index contributed by atoms with van der Waals surface area (Å²) in [6.07, 6.45) is 2.17. The van der Waals surface area contributed by atoms with Crippen LogP contribution < -0.4 is 0 Å². The van der Waals surface area contributed by atoms with Crippen LogP contribution in [0.25, 0.3) is 0 Å². The lowest BCUT2D eigenvalue weighted by Crippen LogP contribution is -2.51. The van der Waals surface area contributed by atoms with E-state index in [1.807, 2.05) is 0 Å². The Morgan fingerprint density at radius 2 is 2.10 bits per heavy atom. The minimum atomic E-state index is -3.57. The molecule has 7 heteroatoms. The first-order chi connectivity index (χ1) is 10.0. The van der Waals surface area contributed by atoms with Gasteiger partial charge in [-0.2, -0.15) is 4.31 Å². The number of nitrogens with zero attached hydrogens (tertiary/aromatic N) is 2. The molecule has 21 heavy (non-hydrogen) atoms. The molecule has 2 aliphatic heterocycles. The van der Waals surface area contributed by atoms with Crippen LogP contribution in [0.3, 0.4) is 0 Å². The molecule has 3 rings (SSSR count). The van der Waals surface area contributed by atoms with Gasteiger partial charge in [0.15, 0.2) is 0 Å². The molecule has 1 aromatic carbocycles. The van der Waals surface area contributed by atoms with E-state index >= 15 is 0 Å². The molecule has 1 unspecified atom stereocenters. The molecule has 0 radical (unpaired) electrons. The predicted molar refractivity (Wildman–Crippen MR) is 79.3 cm³/mol. The van der Waals surface area contributed by atoms with Crippen molar-refractivity contribution in [2.75, 3.05) is 26.2 Å². The van der Waals surface area contributed by atoms with Gasteiger partial charge in [0.05, 0.1) is 10.8 Å². The van der Waals surface area contributed by atoms with Crippen LogP contribution in [0.4, 0.5) is 4.39 Å². The minimum absolute atomic E-state index is 0.0361. The van der Waals surface area contributed by atoms with E-state index in [1.165, 1.54) is 22.5 Å². The Morgan fingerprint density at radius 1 is 1.29 bits per heavy atom. The number of hydrogen-bond donors (Lipinski definition) is 0. The summed E-state index contributed by atoms with van der Waals surface area (Å²) in [5.41, 5.74) is 0.220. The van der Waals surface area contributed by atoms with Gasteiger partial charge in [-0.15, -0.1) is 11.6 Å². The second kappa shape index (κ2) is 5.83. The molecule has 116 valence electrons. The number of alkyl halides is 1. The fraction of sp³-hybridized carbons (Fsp3) is 0.571. The molecule has 4 nitrogen and oxygen atoms in total. The van der Waals surface area contributed by atoms with E-state index in [1.54, 1.807) is 0 Å². The molecular weight excluding hydrogens is 315 g/mol. The van der Waals surface area contributed by atoms with Crippen LogP contribution in [0, 0.1) is 5.82 Å². The summed E-state index contributed by atoms with van der Waals surface area (Å²) >= 11 is 5.66. The number of rotatable bonds is 3. The van der Waals surface area contributed by atoms with Crippen molar-refractivity contribution in [3.63, 3.8) is 0 Å². The zero-order valence-corrected chi connectivity index (χ0v) is 13.2. The SMILES string of the molecule is O=S(=O)(c1ccc(F)c(CCl)c1)N1CCN2CCCC2C1. The van der Waals surface area contributed by atoms with Crippen molar-refractivity contribution in [1.29, 1.82) is 0 Å². The number of fused-ring (bicyclic) bond motifs is 1. The Bertz CT molecular complexity index is 638. The van der Waals surface area contributed by atoms with E-state index in [0.717, 1.165) is 25.9 Å². The van der Waals surface area contributed by atoms with Crippen molar-refractivity contribution >= 4 is 21.6 Å². The molecule has 0 aliphatic carbocycles. The Balaban J connectivity index is 1.86. The Morgan fingerprint density at radius 3 is 2.86 bits per heavy atom. The molecule has 0 amide bonds. The average molecular weight is 333 g/mol. The summed E-state index contributed by atoms with van der Waals surface area (Å²) in [5.74, 6) is -0.504. The third kappa shape index (κ3) is 2.82. The van der Waals surface area contributed by atoms with Gasteiger partial charge in [0.25, 0.3) is 0 Å². The molecular formula is C14H18ClFN2O2S. The lowest BCUT2D eigenvalue weighted by atomic mass is 10.2. The highest BCUT2D eigenvalue weighted by Crippen LogP contribution is 2.26. The second-order valence-electron chi connectivity index (χ2n) is 5.58. The minimum Gasteiger partial charge on any atom is -0.298 e. The maximum atomic E-state index is 13.5.